The first-order valence-electron chi connectivity index (χ1n) is 4.50. The van der Waals surface area contributed by atoms with E-state index in [1.54, 1.807) is 11.6 Å². The summed E-state index contributed by atoms with van der Waals surface area (Å²) < 4.78 is 1.71. The van der Waals surface area contributed by atoms with Crippen molar-refractivity contribution in [1.29, 1.82) is 0 Å². The zero-order valence-electron chi connectivity index (χ0n) is 8.21. The second-order valence-corrected chi connectivity index (χ2v) is 3.23. The van der Waals surface area contributed by atoms with Crippen LogP contribution in [0.4, 0.5) is 0 Å². The molecule has 0 bridgehead atoms. The van der Waals surface area contributed by atoms with Gasteiger partial charge in [0.2, 0.25) is 0 Å². The van der Waals surface area contributed by atoms with Crippen molar-refractivity contribution >= 4 is 5.97 Å². The molecule has 1 aromatic heterocycles. The van der Waals surface area contributed by atoms with Gasteiger partial charge in [-0.05, 0) is 0 Å². The van der Waals surface area contributed by atoms with Crippen molar-refractivity contribution in [2.24, 2.45) is 7.05 Å². The minimum absolute atomic E-state index is 0.0661. The molecule has 0 spiro atoms. The van der Waals surface area contributed by atoms with Crippen LogP contribution in [0.1, 0.15) is 10.5 Å². The molecule has 0 fully saturated rings. The van der Waals surface area contributed by atoms with Gasteiger partial charge in [-0.25, -0.2) is 9.78 Å². The van der Waals surface area contributed by atoms with Crippen molar-refractivity contribution in [3.8, 4) is 11.4 Å². The number of carboxylic acid groups (broad SMARTS) is 1. The standard InChI is InChI=1S/C11H10N2O2/c1-13-7-9(11(14)15)12-10(13)8-5-3-2-4-6-8/h2-7H,1H3,(H,14,15). The molecule has 0 amide bonds. The fraction of sp³-hybridized carbons (Fsp3) is 0.0909. The van der Waals surface area contributed by atoms with Gasteiger partial charge in [0.25, 0.3) is 0 Å². The number of hydrogen-bond donors (Lipinski definition) is 1. The monoisotopic (exact) mass is 202 g/mol. The Balaban J connectivity index is 2.50. The summed E-state index contributed by atoms with van der Waals surface area (Å²) in [5.74, 6) is -0.346. The summed E-state index contributed by atoms with van der Waals surface area (Å²) >= 11 is 0. The van der Waals surface area contributed by atoms with Crippen LogP contribution < -0.4 is 0 Å². The highest BCUT2D eigenvalue weighted by Gasteiger charge is 2.11. The van der Waals surface area contributed by atoms with Crippen LogP contribution >= 0.6 is 0 Å². The lowest BCUT2D eigenvalue weighted by Crippen LogP contribution is -1.95. The molecule has 0 aliphatic carbocycles. The fourth-order valence-electron chi connectivity index (χ4n) is 1.42. The number of aryl methyl sites for hydroxylation is 1. The Morgan fingerprint density at radius 2 is 2.00 bits per heavy atom. The summed E-state index contributed by atoms with van der Waals surface area (Å²) in [4.78, 5) is 14.8. The Bertz CT molecular complexity index is 489. The highest BCUT2D eigenvalue weighted by atomic mass is 16.4. The molecule has 4 heteroatoms. The Hall–Kier alpha value is -2.10. The zero-order chi connectivity index (χ0) is 10.8. The van der Waals surface area contributed by atoms with Gasteiger partial charge in [-0.2, -0.15) is 0 Å². The van der Waals surface area contributed by atoms with Gasteiger partial charge < -0.3 is 9.67 Å². The van der Waals surface area contributed by atoms with E-state index in [4.69, 9.17) is 5.11 Å². The number of benzene rings is 1. The van der Waals surface area contributed by atoms with E-state index in [9.17, 15) is 4.79 Å². The van der Waals surface area contributed by atoms with Crippen molar-refractivity contribution in [3.63, 3.8) is 0 Å². The first-order valence-corrected chi connectivity index (χ1v) is 4.50. The number of carbonyl (C=O) groups is 1. The number of aromatic nitrogens is 2. The van der Waals surface area contributed by atoms with Crippen LogP contribution in [-0.4, -0.2) is 20.6 Å². The molecule has 1 N–H and O–H groups in total. The molecule has 0 saturated heterocycles. The highest BCUT2D eigenvalue weighted by molar-refractivity contribution is 5.86. The Kier molecular flexibility index (Phi) is 2.25. The second-order valence-electron chi connectivity index (χ2n) is 3.23. The van der Waals surface area contributed by atoms with Crippen LogP contribution in [0.3, 0.4) is 0 Å². The lowest BCUT2D eigenvalue weighted by atomic mass is 10.2. The third-order valence-corrected chi connectivity index (χ3v) is 2.13. The number of imidazole rings is 1. The molecule has 4 nitrogen and oxygen atoms in total. The number of hydrogen-bond acceptors (Lipinski definition) is 2. The Labute approximate surface area is 86.8 Å². The maximum atomic E-state index is 10.7. The molecule has 1 aromatic carbocycles. The highest BCUT2D eigenvalue weighted by Crippen LogP contribution is 2.17. The van der Waals surface area contributed by atoms with Gasteiger partial charge in [-0.3, -0.25) is 0 Å². The average molecular weight is 202 g/mol. The number of rotatable bonds is 2. The summed E-state index contributed by atoms with van der Waals surface area (Å²) in [5.41, 5.74) is 0.976. The van der Waals surface area contributed by atoms with E-state index in [1.165, 1.54) is 6.20 Å². The SMILES string of the molecule is Cn1cc(C(=O)O)nc1-c1ccccc1. The first-order chi connectivity index (χ1) is 7.18. The van der Waals surface area contributed by atoms with E-state index in [1.807, 2.05) is 30.3 Å². The van der Waals surface area contributed by atoms with Crippen molar-refractivity contribution < 1.29 is 9.90 Å². The second kappa shape index (κ2) is 3.57. The summed E-state index contributed by atoms with van der Waals surface area (Å²) in [6, 6.07) is 9.49. The van der Waals surface area contributed by atoms with Crippen molar-refractivity contribution in [3.05, 3.63) is 42.2 Å². The van der Waals surface area contributed by atoms with Crippen LogP contribution in [0.5, 0.6) is 0 Å². The van der Waals surface area contributed by atoms with Gasteiger partial charge in [0.05, 0.1) is 0 Å². The van der Waals surface area contributed by atoms with Crippen LogP contribution in [-0.2, 0) is 7.05 Å². The van der Waals surface area contributed by atoms with E-state index in [0.717, 1.165) is 5.56 Å². The van der Waals surface area contributed by atoms with E-state index in [2.05, 4.69) is 4.98 Å². The summed E-state index contributed by atoms with van der Waals surface area (Å²) in [6.07, 6.45) is 1.50. The smallest absolute Gasteiger partial charge is 0.356 e. The van der Waals surface area contributed by atoms with E-state index in [-0.39, 0.29) is 5.69 Å². The maximum Gasteiger partial charge on any atom is 0.356 e. The van der Waals surface area contributed by atoms with Gasteiger partial charge in [0.1, 0.15) is 5.82 Å². The Morgan fingerprint density at radius 3 is 2.53 bits per heavy atom. The van der Waals surface area contributed by atoms with Gasteiger partial charge in [-0.1, -0.05) is 30.3 Å². The summed E-state index contributed by atoms with van der Waals surface area (Å²) in [7, 11) is 1.78. The largest absolute Gasteiger partial charge is 0.476 e. The molecular formula is C11H10N2O2. The maximum absolute atomic E-state index is 10.7. The number of aromatic carboxylic acids is 1. The Morgan fingerprint density at radius 1 is 1.33 bits per heavy atom. The molecular weight excluding hydrogens is 192 g/mol. The molecule has 0 saturated carbocycles. The minimum Gasteiger partial charge on any atom is -0.476 e. The summed E-state index contributed by atoms with van der Waals surface area (Å²) in [6.45, 7) is 0. The van der Waals surface area contributed by atoms with Gasteiger partial charge in [-0.15, -0.1) is 0 Å². The van der Waals surface area contributed by atoms with Gasteiger partial charge >= 0.3 is 5.97 Å². The van der Waals surface area contributed by atoms with Crippen molar-refractivity contribution in [2.75, 3.05) is 0 Å². The third kappa shape index (κ3) is 1.74. The fourth-order valence-corrected chi connectivity index (χ4v) is 1.42. The van der Waals surface area contributed by atoms with E-state index < -0.39 is 5.97 Å². The number of carboxylic acids is 1. The molecule has 0 aliphatic heterocycles. The van der Waals surface area contributed by atoms with Crippen LogP contribution in [0, 0.1) is 0 Å². The molecule has 0 unspecified atom stereocenters. The molecule has 15 heavy (non-hydrogen) atoms. The van der Waals surface area contributed by atoms with Crippen LogP contribution in [0.15, 0.2) is 36.5 Å². The summed E-state index contributed by atoms with van der Waals surface area (Å²) in [5, 5.41) is 8.79. The molecule has 1 heterocycles. The predicted molar refractivity (Wildman–Crippen MR) is 55.6 cm³/mol. The quantitative estimate of drug-likeness (QED) is 0.807. The van der Waals surface area contributed by atoms with Gasteiger partial charge in [0.15, 0.2) is 5.69 Å². The molecule has 0 aliphatic rings. The lowest BCUT2D eigenvalue weighted by molar-refractivity contribution is 0.0691. The van der Waals surface area contributed by atoms with Crippen LogP contribution in [0.2, 0.25) is 0 Å². The topological polar surface area (TPSA) is 55.1 Å². The average Bonchev–Trinajstić information content (AvgIpc) is 2.62. The van der Waals surface area contributed by atoms with E-state index in [0.29, 0.717) is 5.82 Å². The van der Waals surface area contributed by atoms with Crippen LogP contribution in [0.25, 0.3) is 11.4 Å². The normalized spacial score (nSPS) is 10.2. The lowest BCUT2D eigenvalue weighted by Gasteiger charge is -1.99. The molecule has 2 rings (SSSR count). The van der Waals surface area contributed by atoms with Gasteiger partial charge in [0, 0.05) is 18.8 Å². The number of nitrogens with zero attached hydrogens (tertiary/aromatic N) is 2. The predicted octanol–water partition coefficient (Wildman–Crippen LogP) is 1.79. The first kappa shape index (κ1) is 9.45. The third-order valence-electron chi connectivity index (χ3n) is 2.13. The van der Waals surface area contributed by atoms with Crippen molar-refractivity contribution in [2.45, 2.75) is 0 Å². The molecule has 76 valence electrons. The molecule has 0 atom stereocenters. The zero-order valence-corrected chi connectivity index (χ0v) is 8.21. The van der Waals surface area contributed by atoms with Crippen molar-refractivity contribution in [1.82, 2.24) is 9.55 Å². The minimum atomic E-state index is -1.01. The molecule has 2 aromatic rings. The molecule has 0 radical (unpaired) electrons. The van der Waals surface area contributed by atoms with E-state index >= 15 is 0 Å².